The molecule has 0 saturated carbocycles. The first-order chi connectivity index (χ1) is 7.15. The van der Waals surface area contributed by atoms with Crippen molar-refractivity contribution < 1.29 is 0 Å². The lowest BCUT2D eigenvalue weighted by Crippen LogP contribution is -2.20. The molecule has 2 unspecified atom stereocenters. The van der Waals surface area contributed by atoms with Crippen molar-refractivity contribution in [2.75, 3.05) is 13.1 Å². The third-order valence-electron chi connectivity index (χ3n) is 3.22. The Kier molecular flexibility index (Phi) is 3.27. The van der Waals surface area contributed by atoms with Crippen LogP contribution in [0.3, 0.4) is 0 Å². The highest BCUT2D eigenvalue weighted by atomic mass is 35.5. The Labute approximate surface area is 96.3 Å². The van der Waals surface area contributed by atoms with Gasteiger partial charge in [-0.05, 0) is 24.0 Å². The molecule has 1 saturated heterocycles. The summed E-state index contributed by atoms with van der Waals surface area (Å²) in [5.41, 5.74) is 1.07. The summed E-state index contributed by atoms with van der Waals surface area (Å²) in [4.78, 5) is 6.76. The average molecular weight is 225 g/mol. The van der Waals surface area contributed by atoms with Gasteiger partial charge in [0.15, 0.2) is 0 Å². The predicted molar refractivity (Wildman–Crippen MR) is 62.9 cm³/mol. The first-order valence-corrected chi connectivity index (χ1v) is 5.86. The van der Waals surface area contributed by atoms with E-state index in [1.54, 1.807) is 0 Å². The molecule has 1 aromatic heterocycles. The Morgan fingerprint density at radius 3 is 2.60 bits per heavy atom. The van der Waals surface area contributed by atoms with Crippen molar-refractivity contribution in [3.05, 3.63) is 29.0 Å². The molecule has 0 N–H and O–H groups in total. The fourth-order valence-corrected chi connectivity index (χ4v) is 2.33. The van der Waals surface area contributed by atoms with Gasteiger partial charge in [-0.25, -0.2) is 4.98 Å². The van der Waals surface area contributed by atoms with Gasteiger partial charge in [-0.3, -0.25) is 4.90 Å². The highest BCUT2D eigenvalue weighted by Gasteiger charge is 2.25. The minimum atomic E-state index is 0.591. The zero-order valence-corrected chi connectivity index (χ0v) is 10.0. The van der Waals surface area contributed by atoms with E-state index in [1.165, 1.54) is 13.1 Å². The molecule has 2 heterocycles. The number of halogens is 1. The average Bonchev–Trinajstić information content (AvgIpc) is 2.45. The van der Waals surface area contributed by atoms with Gasteiger partial charge in [-0.15, -0.1) is 0 Å². The second-order valence-electron chi connectivity index (χ2n) is 4.60. The lowest BCUT2D eigenvalue weighted by molar-refractivity contribution is 0.312. The maximum atomic E-state index is 5.86. The van der Waals surface area contributed by atoms with Crippen LogP contribution < -0.4 is 0 Å². The zero-order valence-electron chi connectivity index (χ0n) is 9.28. The summed E-state index contributed by atoms with van der Waals surface area (Å²) < 4.78 is 0. The van der Waals surface area contributed by atoms with Crippen LogP contribution in [0, 0.1) is 11.8 Å². The number of likely N-dealkylation sites (tertiary alicyclic amines) is 1. The molecule has 2 nitrogen and oxygen atoms in total. The van der Waals surface area contributed by atoms with E-state index in [2.05, 4.69) is 23.7 Å². The van der Waals surface area contributed by atoms with Crippen molar-refractivity contribution in [2.45, 2.75) is 20.4 Å². The number of rotatable bonds is 2. The quantitative estimate of drug-likeness (QED) is 0.719. The van der Waals surface area contributed by atoms with Crippen LogP contribution in [0.1, 0.15) is 19.5 Å². The van der Waals surface area contributed by atoms with E-state index in [0.29, 0.717) is 5.15 Å². The molecule has 1 fully saturated rings. The SMILES string of the molecule is CC1CN(Cc2cccc(Cl)n2)CC1C. The molecule has 0 amide bonds. The van der Waals surface area contributed by atoms with Crippen LogP contribution in [-0.4, -0.2) is 23.0 Å². The lowest BCUT2D eigenvalue weighted by Gasteiger charge is -2.14. The number of hydrogen-bond donors (Lipinski definition) is 0. The van der Waals surface area contributed by atoms with Crippen molar-refractivity contribution in [1.82, 2.24) is 9.88 Å². The van der Waals surface area contributed by atoms with Gasteiger partial charge in [-0.2, -0.15) is 0 Å². The van der Waals surface area contributed by atoms with E-state index in [-0.39, 0.29) is 0 Å². The topological polar surface area (TPSA) is 16.1 Å². The molecule has 82 valence electrons. The summed E-state index contributed by atoms with van der Waals surface area (Å²) in [5, 5.41) is 0.591. The number of nitrogens with zero attached hydrogens (tertiary/aromatic N) is 2. The van der Waals surface area contributed by atoms with Gasteiger partial charge in [0.25, 0.3) is 0 Å². The van der Waals surface area contributed by atoms with Crippen LogP contribution in [0.4, 0.5) is 0 Å². The number of pyridine rings is 1. The molecule has 1 aromatic rings. The molecule has 0 spiro atoms. The second-order valence-corrected chi connectivity index (χ2v) is 4.99. The highest BCUT2D eigenvalue weighted by molar-refractivity contribution is 6.29. The molecule has 0 aliphatic carbocycles. The summed E-state index contributed by atoms with van der Waals surface area (Å²) in [6.45, 7) is 7.91. The van der Waals surface area contributed by atoms with Crippen molar-refractivity contribution in [2.24, 2.45) is 11.8 Å². The maximum Gasteiger partial charge on any atom is 0.129 e. The normalized spacial score (nSPS) is 27.1. The number of hydrogen-bond acceptors (Lipinski definition) is 2. The van der Waals surface area contributed by atoms with Crippen LogP contribution >= 0.6 is 11.6 Å². The van der Waals surface area contributed by atoms with Crippen molar-refractivity contribution in [3.8, 4) is 0 Å². The van der Waals surface area contributed by atoms with E-state index in [9.17, 15) is 0 Å². The summed E-state index contributed by atoms with van der Waals surface area (Å²) in [5.74, 6) is 1.59. The molecule has 2 rings (SSSR count). The van der Waals surface area contributed by atoms with Crippen molar-refractivity contribution >= 4 is 11.6 Å². The van der Waals surface area contributed by atoms with E-state index in [4.69, 9.17) is 11.6 Å². The molecule has 0 radical (unpaired) electrons. The van der Waals surface area contributed by atoms with Gasteiger partial charge in [0.1, 0.15) is 5.15 Å². The Bertz CT molecular complexity index is 330. The summed E-state index contributed by atoms with van der Waals surface area (Å²) in [6.07, 6.45) is 0. The Morgan fingerprint density at radius 1 is 1.33 bits per heavy atom. The van der Waals surface area contributed by atoms with Crippen LogP contribution in [0.25, 0.3) is 0 Å². The molecule has 0 bridgehead atoms. The predicted octanol–water partition coefficient (Wildman–Crippen LogP) is 2.82. The summed E-state index contributed by atoms with van der Waals surface area (Å²) in [6, 6.07) is 5.83. The third kappa shape index (κ3) is 2.70. The van der Waals surface area contributed by atoms with E-state index in [1.807, 2.05) is 18.2 Å². The largest absolute Gasteiger partial charge is 0.297 e. The molecule has 1 aliphatic rings. The minimum absolute atomic E-state index is 0.591. The summed E-state index contributed by atoms with van der Waals surface area (Å²) >= 11 is 5.86. The van der Waals surface area contributed by atoms with Gasteiger partial charge in [-0.1, -0.05) is 31.5 Å². The van der Waals surface area contributed by atoms with Crippen molar-refractivity contribution in [1.29, 1.82) is 0 Å². The van der Waals surface area contributed by atoms with Gasteiger partial charge in [0, 0.05) is 19.6 Å². The standard InChI is InChI=1S/C12H17ClN2/c1-9-6-15(7-10(9)2)8-11-4-3-5-12(13)14-11/h3-5,9-10H,6-8H2,1-2H3. The van der Waals surface area contributed by atoms with E-state index < -0.39 is 0 Å². The van der Waals surface area contributed by atoms with Crippen LogP contribution in [0.15, 0.2) is 18.2 Å². The van der Waals surface area contributed by atoms with Crippen molar-refractivity contribution in [3.63, 3.8) is 0 Å². The lowest BCUT2D eigenvalue weighted by atomic mass is 10.0. The molecule has 2 atom stereocenters. The van der Waals surface area contributed by atoms with Gasteiger partial charge >= 0.3 is 0 Å². The van der Waals surface area contributed by atoms with Crippen LogP contribution in [-0.2, 0) is 6.54 Å². The Hall–Kier alpha value is -0.600. The zero-order chi connectivity index (χ0) is 10.8. The third-order valence-corrected chi connectivity index (χ3v) is 3.43. The fraction of sp³-hybridized carbons (Fsp3) is 0.583. The molecule has 0 aromatic carbocycles. The molecule has 15 heavy (non-hydrogen) atoms. The Balaban J connectivity index is 1.98. The molecule has 3 heteroatoms. The minimum Gasteiger partial charge on any atom is -0.297 e. The smallest absolute Gasteiger partial charge is 0.129 e. The highest BCUT2D eigenvalue weighted by Crippen LogP contribution is 2.23. The van der Waals surface area contributed by atoms with Crippen LogP contribution in [0.5, 0.6) is 0 Å². The molecular weight excluding hydrogens is 208 g/mol. The van der Waals surface area contributed by atoms with Gasteiger partial charge < -0.3 is 0 Å². The van der Waals surface area contributed by atoms with Gasteiger partial charge in [0.05, 0.1) is 5.69 Å². The monoisotopic (exact) mass is 224 g/mol. The molecule has 1 aliphatic heterocycles. The van der Waals surface area contributed by atoms with Crippen LogP contribution in [0.2, 0.25) is 5.15 Å². The van der Waals surface area contributed by atoms with E-state index >= 15 is 0 Å². The fourth-order valence-electron chi connectivity index (χ4n) is 2.15. The summed E-state index contributed by atoms with van der Waals surface area (Å²) in [7, 11) is 0. The molecular formula is C12H17ClN2. The maximum absolute atomic E-state index is 5.86. The number of aromatic nitrogens is 1. The second kappa shape index (κ2) is 4.50. The van der Waals surface area contributed by atoms with Gasteiger partial charge in [0.2, 0.25) is 0 Å². The first-order valence-electron chi connectivity index (χ1n) is 5.49. The Morgan fingerprint density at radius 2 is 2.00 bits per heavy atom. The first kappa shape index (κ1) is 10.9. The van der Waals surface area contributed by atoms with E-state index in [0.717, 1.165) is 24.1 Å².